The van der Waals surface area contributed by atoms with Gasteiger partial charge >= 0.3 is 338 Å². The second kappa shape index (κ2) is 14.8. The van der Waals surface area contributed by atoms with E-state index < -0.39 is 21.3 Å². The van der Waals surface area contributed by atoms with Crippen molar-refractivity contribution in [2.24, 2.45) is 38.9 Å². The van der Waals surface area contributed by atoms with Crippen LogP contribution in [0.5, 0.6) is 0 Å². The maximum absolute atomic E-state index is 3.19. The van der Waals surface area contributed by atoms with Crippen molar-refractivity contribution in [1.29, 1.82) is 0 Å². The third-order valence-corrected chi connectivity index (χ3v) is 26.7. The number of hydrogen-bond donors (Lipinski definition) is 0. The third kappa shape index (κ3) is 5.77. The van der Waals surface area contributed by atoms with Crippen molar-refractivity contribution < 1.29 is 46.1 Å². The van der Waals surface area contributed by atoms with Crippen molar-refractivity contribution in [3.05, 3.63) is 157 Å². The molecule has 56 heavy (non-hydrogen) atoms. The maximum atomic E-state index is 2.86. The number of rotatable bonds is 5. The fraction of sp³-hybridized carbons (Fsp3) is 0.453. The number of benzene rings is 3. The summed E-state index contributed by atoms with van der Waals surface area (Å²) in [6.45, 7) is 31.6. The Labute approximate surface area is 360 Å². The molecule has 294 valence electrons. The summed E-state index contributed by atoms with van der Waals surface area (Å²) in [5.74, 6) is 0.947. The van der Waals surface area contributed by atoms with Gasteiger partial charge in [-0.1, -0.05) is 0 Å². The average molecular weight is 863 g/mol. The number of halogens is 2. The van der Waals surface area contributed by atoms with Crippen LogP contribution in [0.15, 0.2) is 135 Å². The van der Waals surface area contributed by atoms with Crippen LogP contribution < -0.4 is 24.8 Å². The van der Waals surface area contributed by atoms with Crippen molar-refractivity contribution in [2.75, 3.05) is 0 Å². The molecule has 3 aromatic rings. The van der Waals surface area contributed by atoms with Crippen molar-refractivity contribution in [1.82, 2.24) is 0 Å². The maximum Gasteiger partial charge on any atom is -1.00 e. The number of allylic oxidation sites excluding steroid dienone is 10. The molecule has 8 rings (SSSR count). The van der Waals surface area contributed by atoms with Crippen molar-refractivity contribution >= 4 is 8.78 Å². The van der Waals surface area contributed by atoms with E-state index in [1.807, 2.05) is 8.85 Å². The largest absolute Gasteiger partial charge is 1.00 e. The molecule has 0 N–H and O–H groups in total. The molecule has 0 saturated heterocycles. The van der Waals surface area contributed by atoms with Crippen LogP contribution in [0.4, 0.5) is 0 Å². The second-order valence-electron chi connectivity index (χ2n) is 20.2. The van der Waals surface area contributed by atoms with Gasteiger partial charge in [-0.3, -0.25) is 0 Å². The zero-order chi connectivity index (χ0) is 38.6. The van der Waals surface area contributed by atoms with Crippen molar-refractivity contribution in [3.63, 3.8) is 0 Å². The SMILES string of the molecule is CCC1C=C(C(C)(C)C)C=[C]1[Zr+2](=[C](c1ccccc1)c1ccccc1)[C]1(C)C2=C3Cc4ccccc4C3=C3C=CCCC3C2(C)C(C)(C)C(C)(C)C1(C)C.[Cl-].[Cl-]. The second-order valence-corrected chi connectivity index (χ2v) is 27.2. The molecule has 1 saturated carbocycles. The zero-order valence-corrected chi connectivity index (χ0v) is 40.1. The van der Waals surface area contributed by atoms with E-state index in [4.69, 9.17) is 0 Å². The molecule has 4 atom stereocenters. The summed E-state index contributed by atoms with van der Waals surface area (Å²) in [6.07, 6.45) is 15.1. The molecule has 4 unspecified atom stereocenters. The minimum atomic E-state index is -3.19. The summed E-state index contributed by atoms with van der Waals surface area (Å²) in [5, 5.41) is 0. The van der Waals surface area contributed by atoms with E-state index in [0.29, 0.717) is 11.8 Å². The van der Waals surface area contributed by atoms with E-state index in [-0.39, 0.29) is 55.0 Å². The van der Waals surface area contributed by atoms with Crippen LogP contribution in [0, 0.1) is 38.9 Å². The van der Waals surface area contributed by atoms with Gasteiger partial charge in [-0.2, -0.15) is 0 Å². The quantitative estimate of drug-likeness (QED) is 0.242. The van der Waals surface area contributed by atoms with Gasteiger partial charge in [0.1, 0.15) is 0 Å². The molecule has 3 heteroatoms. The van der Waals surface area contributed by atoms with Crippen molar-refractivity contribution in [3.8, 4) is 0 Å². The molecule has 0 heterocycles. The summed E-state index contributed by atoms with van der Waals surface area (Å²) in [7, 11) is 0. The van der Waals surface area contributed by atoms with Crippen LogP contribution in [-0.2, 0) is 27.7 Å². The van der Waals surface area contributed by atoms with Gasteiger partial charge in [0, 0.05) is 0 Å². The Morgan fingerprint density at radius 1 is 0.732 bits per heavy atom. The normalized spacial score (nSPS) is 27.6. The molecule has 0 aliphatic heterocycles. The number of fused-ring (bicyclic) bond motifs is 6. The van der Waals surface area contributed by atoms with Crippen LogP contribution >= 0.6 is 0 Å². The minimum absolute atomic E-state index is 0. The standard InChI is InChI=1S/C29H37.C13H10.C11H17.2ClH.Zr/c1-18-25-22-17-19-13-9-10-14-20(19)24(22)21-15-11-12-16-23(21)29(25,8)28(6,7)27(4,5)26(18,2)3;1-3-7-12(8-4-1)11-13-9-5-2-6-10-13;1-5-9-6-7-10(8-9)11(2,3)4;;;/h9-11,13-15,23H,12,16-17H2,1-8H3;1-10H;7-9H,5H2,1-4H3;2*1H;/q;;;;;+2/p-2. The first-order chi connectivity index (χ1) is 25.4. The average Bonchev–Trinajstić information content (AvgIpc) is 3.76. The van der Waals surface area contributed by atoms with Crippen molar-refractivity contribution in [2.45, 2.75) is 112 Å². The van der Waals surface area contributed by atoms with Gasteiger partial charge in [-0.05, 0) is 0 Å². The third-order valence-electron chi connectivity index (χ3n) is 16.8. The van der Waals surface area contributed by atoms with Gasteiger partial charge in [0.15, 0.2) is 0 Å². The molecular weight excluding hydrogens is 799 g/mol. The topological polar surface area (TPSA) is 0 Å². The van der Waals surface area contributed by atoms with E-state index in [2.05, 4.69) is 192 Å². The van der Waals surface area contributed by atoms with Crippen LogP contribution in [0.3, 0.4) is 0 Å². The molecule has 0 bridgehead atoms. The molecule has 0 radical (unpaired) electrons. The zero-order valence-electron chi connectivity index (χ0n) is 36.1. The Hall–Kier alpha value is -2.31. The van der Waals surface area contributed by atoms with E-state index in [0.717, 1.165) is 19.3 Å². The molecule has 0 nitrogen and oxygen atoms in total. The first kappa shape index (κ1) is 43.3. The molecule has 0 aromatic heterocycles. The first-order valence-corrected chi connectivity index (χ1v) is 24.7. The van der Waals surface area contributed by atoms with Crippen LogP contribution in [0.2, 0.25) is 3.12 Å². The summed E-state index contributed by atoms with van der Waals surface area (Å²) in [6, 6.07) is 32.8. The van der Waals surface area contributed by atoms with Gasteiger partial charge < -0.3 is 24.8 Å². The van der Waals surface area contributed by atoms with Gasteiger partial charge in [-0.25, -0.2) is 0 Å². The monoisotopic (exact) mass is 860 g/mol. The van der Waals surface area contributed by atoms with E-state index >= 15 is 0 Å². The minimum Gasteiger partial charge on any atom is -1.00 e. The van der Waals surface area contributed by atoms with Crippen LogP contribution in [0.1, 0.15) is 125 Å². The Kier molecular flexibility index (Phi) is 11.4. The number of hydrogen-bond acceptors (Lipinski definition) is 0. The Morgan fingerprint density at radius 3 is 1.88 bits per heavy atom. The molecule has 5 aliphatic rings. The van der Waals surface area contributed by atoms with Gasteiger partial charge in [0.2, 0.25) is 0 Å². The first-order valence-electron chi connectivity index (χ1n) is 21.0. The van der Waals surface area contributed by atoms with Gasteiger partial charge in [0.05, 0.1) is 0 Å². The smallest absolute Gasteiger partial charge is 1.00 e. The Morgan fingerprint density at radius 2 is 1.30 bits per heavy atom. The fourth-order valence-corrected chi connectivity index (χ4v) is 24.3. The molecular formula is C53H64Cl2Zr. The predicted molar refractivity (Wildman–Crippen MR) is 229 cm³/mol. The van der Waals surface area contributed by atoms with Gasteiger partial charge in [0.25, 0.3) is 0 Å². The van der Waals surface area contributed by atoms with E-state index in [9.17, 15) is 0 Å². The molecule has 0 spiro atoms. The van der Waals surface area contributed by atoms with E-state index in [1.165, 1.54) is 34.2 Å². The van der Waals surface area contributed by atoms with Crippen LogP contribution in [0.25, 0.3) is 5.57 Å². The summed E-state index contributed by atoms with van der Waals surface area (Å²) >= 11 is -3.19. The van der Waals surface area contributed by atoms with Crippen LogP contribution in [-0.4, -0.2) is 3.21 Å². The molecule has 1 fully saturated rings. The molecule has 0 amide bonds. The fourth-order valence-electron chi connectivity index (χ4n) is 12.4. The Bertz CT molecular complexity index is 2170. The molecule has 5 aliphatic carbocycles. The summed E-state index contributed by atoms with van der Waals surface area (Å²) in [5.41, 5.74) is 14.3. The Balaban J connectivity index is 0.00000266. The summed E-state index contributed by atoms with van der Waals surface area (Å²) < 4.78 is 3.44. The molecule has 3 aromatic carbocycles. The predicted octanol–water partition coefficient (Wildman–Crippen LogP) is 8.34. The van der Waals surface area contributed by atoms with E-state index in [1.54, 1.807) is 19.9 Å². The van der Waals surface area contributed by atoms with Gasteiger partial charge in [-0.15, -0.1) is 0 Å². The summed E-state index contributed by atoms with van der Waals surface area (Å²) in [4.78, 5) is 0.